The molecule has 21 heavy (non-hydrogen) atoms. The molecule has 0 aliphatic rings. The van der Waals surface area contributed by atoms with Gasteiger partial charge in [0.05, 0.1) is 0 Å². The molecule has 0 bridgehead atoms. The first-order valence-corrected chi connectivity index (χ1v) is 7.00. The maximum Gasteiger partial charge on any atom is 0.240 e. The number of nitrogens with one attached hydrogen (secondary N) is 1. The van der Waals surface area contributed by atoms with Crippen molar-refractivity contribution in [3.05, 3.63) is 65.6 Å². The van der Waals surface area contributed by atoms with Gasteiger partial charge in [-0.2, -0.15) is 0 Å². The van der Waals surface area contributed by atoms with Crippen LogP contribution < -0.4 is 5.32 Å². The lowest BCUT2D eigenvalue weighted by Gasteiger charge is -2.07. The van der Waals surface area contributed by atoms with Crippen LogP contribution in [0, 0.1) is 0 Å². The summed E-state index contributed by atoms with van der Waals surface area (Å²) >= 11 is 5.96. The molecular formula is C16H14ClN3O. The van der Waals surface area contributed by atoms with E-state index in [1.807, 2.05) is 47.2 Å². The summed E-state index contributed by atoms with van der Waals surface area (Å²) in [6, 6.07) is 11.4. The molecular weight excluding hydrogens is 286 g/mol. The maximum atomic E-state index is 12.0. The van der Waals surface area contributed by atoms with Crippen LogP contribution in [0.4, 0.5) is 0 Å². The van der Waals surface area contributed by atoms with Crippen molar-refractivity contribution >= 4 is 28.4 Å². The Morgan fingerprint density at radius 3 is 3.00 bits per heavy atom. The van der Waals surface area contributed by atoms with Crippen molar-refractivity contribution in [2.24, 2.45) is 0 Å². The molecule has 4 nitrogen and oxygen atoms in total. The number of carbonyl (C=O) groups is 1. The highest BCUT2D eigenvalue weighted by Crippen LogP contribution is 2.20. The Bertz CT molecular complexity index is 768. The van der Waals surface area contributed by atoms with Crippen LogP contribution in [-0.4, -0.2) is 15.5 Å². The van der Waals surface area contributed by atoms with Crippen molar-refractivity contribution in [1.29, 1.82) is 0 Å². The van der Waals surface area contributed by atoms with Gasteiger partial charge in [-0.05, 0) is 35.9 Å². The summed E-state index contributed by atoms with van der Waals surface area (Å²) in [6.45, 7) is 0.767. The fourth-order valence-corrected chi connectivity index (χ4v) is 2.40. The molecule has 0 aliphatic carbocycles. The first-order valence-electron chi connectivity index (χ1n) is 6.62. The van der Waals surface area contributed by atoms with Crippen LogP contribution >= 0.6 is 11.6 Å². The number of amides is 1. The molecule has 0 aliphatic heterocycles. The van der Waals surface area contributed by atoms with Gasteiger partial charge in [0.1, 0.15) is 6.54 Å². The molecule has 106 valence electrons. The number of fused-ring (bicyclic) bond motifs is 1. The second-order valence-electron chi connectivity index (χ2n) is 4.78. The van der Waals surface area contributed by atoms with Gasteiger partial charge >= 0.3 is 0 Å². The number of benzene rings is 1. The van der Waals surface area contributed by atoms with Crippen LogP contribution in [0.2, 0.25) is 5.02 Å². The third-order valence-corrected chi connectivity index (χ3v) is 3.49. The molecule has 0 saturated heterocycles. The Hall–Kier alpha value is -2.33. The van der Waals surface area contributed by atoms with Gasteiger partial charge in [-0.15, -0.1) is 0 Å². The van der Waals surface area contributed by atoms with Gasteiger partial charge in [-0.25, -0.2) is 0 Å². The van der Waals surface area contributed by atoms with E-state index in [1.165, 1.54) is 0 Å². The van der Waals surface area contributed by atoms with E-state index in [-0.39, 0.29) is 12.5 Å². The zero-order valence-corrected chi connectivity index (χ0v) is 12.0. The minimum atomic E-state index is -0.0358. The van der Waals surface area contributed by atoms with Crippen LogP contribution in [0.5, 0.6) is 0 Å². The molecule has 1 aromatic carbocycles. The molecule has 2 aromatic heterocycles. The monoisotopic (exact) mass is 299 g/mol. The first-order chi connectivity index (χ1) is 10.2. The van der Waals surface area contributed by atoms with Gasteiger partial charge in [0.15, 0.2) is 0 Å². The number of halogens is 1. The Labute approximate surface area is 127 Å². The van der Waals surface area contributed by atoms with Gasteiger partial charge in [0.2, 0.25) is 5.91 Å². The van der Waals surface area contributed by atoms with E-state index in [9.17, 15) is 4.79 Å². The van der Waals surface area contributed by atoms with Crippen LogP contribution in [-0.2, 0) is 17.9 Å². The zero-order chi connectivity index (χ0) is 14.7. The molecule has 0 fully saturated rings. The summed E-state index contributed by atoms with van der Waals surface area (Å²) in [5, 5.41) is 4.61. The lowest BCUT2D eigenvalue weighted by atomic mass is 10.2. The van der Waals surface area contributed by atoms with Crippen molar-refractivity contribution in [2.75, 3.05) is 0 Å². The number of carbonyl (C=O) groups excluding carboxylic acids is 1. The minimum Gasteiger partial charge on any atom is -0.350 e. The summed E-state index contributed by atoms with van der Waals surface area (Å²) in [5.41, 5.74) is 1.98. The molecule has 0 unspecified atom stereocenters. The number of rotatable bonds is 4. The van der Waals surface area contributed by atoms with Gasteiger partial charge < -0.3 is 9.88 Å². The largest absolute Gasteiger partial charge is 0.350 e. The van der Waals surface area contributed by atoms with E-state index < -0.39 is 0 Å². The number of aromatic nitrogens is 2. The average Bonchev–Trinajstić information content (AvgIpc) is 2.88. The number of pyridine rings is 1. The average molecular weight is 300 g/mol. The van der Waals surface area contributed by atoms with Gasteiger partial charge in [-0.1, -0.05) is 17.7 Å². The fourth-order valence-electron chi connectivity index (χ4n) is 2.22. The van der Waals surface area contributed by atoms with Crippen LogP contribution in [0.25, 0.3) is 10.9 Å². The molecule has 3 rings (SSSR count). The quantitative estimate of drug-likeness (QED) is 0.805. The Kier molecular flexibility index (Phi) is 3.88. The van der Waals surface area contributed by atoms with E-state index in [0.29, 0.717) is 11.6 Å². The summed E-state index contributed by atoms with van der Waals surface area (Å²) in [7, 11) is 0. The fraction of sp³-hybridized carbons (Fsp3) is 0.125. The van der Waals surface area contributed by atoms with Gasteiger partial charge in [0, 0.05) is 41.1 Å². The van der Waals surface area contributed by atoms with Crippen molar-refractivity contribution in [2.45, 2.75) is 13.1 Å². The molecule has 0 radical (unpaired) electrons. The van der Waals surface area contributed by atoms with E-state index in [1.54, 1.807) is 12.4 Å². The molecule has 3 aromatic rings. The summed E-state index contributed by atoms with van der Waals surface area (Å²) in [6.07, 6.45) is 5.35. The van der Waals surface area contributed by atoms with E-state index in [2.05, 4.69) is 10.3 Å². The van der Waals surface area contributed by atoms with Crippen molar-refractivity contribution in [3.8, 4) is 0 Å². The third kappa shape index (κ3) is 3.23. The number of nitrogens with zero attached hydrogens (tertiary/aromatic N) is 2. The molecule has 1 N–H and O–H groups in total. The number of hydrogen-bond donors (Lipinski definition) is 1. The van der Waals surface area contributed by atoms with Gasteiger partial charge in [0.25, 0.3) is 0 Å². The smallest absolute Gasteiger partial charge is 0.240 e. The van der Waals surface area contributed by atoms with Crippen molar-refractivity contribution in [1.82, 2.24) is 14.9 Å². The second-order valence-corrected chi connectivity index (χ2v) is 5.22. The highest BCUT2D eigenvalue weighted by atomic mass is 35.5. The van der Waals surface area contributed by atoms with E-state index in [4.69, 9.17) is 11.6 Å². The third-order valence-electron chi connectivity index (χ3n) is 3.26. The summed E-state index contributed by atoms with van der Waals surface area (Å²) in [5.74, 6) is -0.0358. The van der Waals surface area contributed by atoms with Gasteiger partial charge in [-0.3, -0.25) is 9.78 Å². The Morgan fingerprint density at radius 1 is 1.29 bits per heavy atom. The van der Waals surface area contributed by atoms with Crippen LogP contribution in [0.3, 0.4) is 0 Å². The maximum absolute atomic E-state index is 12.0. The Morgan fingerprint density at radius 2 is 2.19 bits per heavy atom. The highest BCUT2D eigenvalue weighted by molar-refractivity contribution is 6.31. The van der Waals surface area contributed by atoms with E-state index >= 15 is 0 Å². The standard InChI is InChI=1S/C16H14ClN3O/c17-14-3-4-15-13(8-14)5-7-20(15)11-16(21)19-10-12-2-1-6-18-9-12/h1-9H,10-11H2,(H,19,21). The second kappa shape index (κ2) is 5.97. The first kappa shape index (κ1) is 13.6. The predicted molar refractivity (Wildman–Crippen MR) is 83.0 cm³/mol. The predicted octanol–water partition coefficient (Wildman–Crippen LogP) is 3.01. The molecule has 0 atom stereocenters. The van der Waals surface area contributed by atoms with Crippen molar-refractivity contribution < 1.29 is 4.79 Å². The highest BCUT2D eigenvalue weighted by Gasteiger charge is 2.06. The molecule has 5 heteroatoms. The van der Waals surface area contributed by atoms with E-state index in [0.717, 1.165) is 16.5 Å². The summed E-state index contributed by atoms with van der Waals surface area (Å²) < 4.78 is 1.91. The molecule has 0 spiro atoms. The molecule has 1 amide bonds. The minimum absolute atomic E-state index is 0.0358. The van der Waals surface area contributed by atoms with Crippen molar-refractivity contribution in [3.63, 3.8) is 0 Å². The van der Waals surface area contributed by atoms with Crippen LogP contribution in [0.1, 0.15) is 5.56 Å². The zero-order valence-electron chi connectivity index (χ0n) is 11.3. The Balaban J connectivity index is 1.66. The van der Waals surface area contributed by atoms with Crippen LogP contribution in [0.15, 0.2) is 55.0 Å². The molecule has 2 heterocycles. The summed E-state index contributed by atoms with van der Waals surface area (Å²) in [4.78, 5) is 16.0. The lowest BCUT2D eigenvalue weighted by Crippen LogP contribution is -2.26. The SMILES string of the molecule is O=C(Cn1ccc2cc(Cl)ccc21)NCc1cccnc1. The molecule has 0 saturated carbocycles. The number of hydrogen-bond acceptors (Lipinski definition) is 2. The normalized spacial score (nSPS) is 10.7. The lowest BCUT2D eigenvalue weighted by molar-refractivity contribution is -0.121. The topological polar surface area (TPSA) is 46.9 Å².